The minimum Gasteiger partial charge on any atom is -0.338 e. The number of rotatable bonds is 3. The van der Waals surface area contributed by atoms with Gasteiger partial charge in [-0.15, -0.1) is 0 Å². The lowest BCUT2D eigenvalue weighted by molar-refractivity contribution is -0.137. The Morgan fingerprint density at radius 3 is 2.86 bits per heavy atom. The van der Waals surface area contributed by atoms with E-state index in [2.05, 4.69) is 0 Å². The number of likely N-dealkylation sites (tertiary alicyclic amines) is 1. The molecule has 1 spiro atoms. The molecule has 6 heteroatoms. The molecule has 2 aliphatic rings. The monoisotopic (exact) mass is 398 g/mol. The van der Waals surface area contributed by atoms with Crippen molar-refractivity contribution >= 4 is 23.4 Å². The summed E-state index contributed by atoms with van der Waals surface area (Å²) in [4.78, 5) is 27.2. The zero-order valence-electron chi connectivity index (χ0n) is 15.8. The van der Waals surface area contributed by atoms with Crippen LogP contribution >= 0.6 is 11.6 Å². The molecule has 1 fully saturated rings. The molecule has 1 heterocycles. The van der Waals surface area contributed by atoms with Crippen molar-refractivity contribution in [3.63, 3.8) is 0 Å². The van der Waals surface area contributed by atoms with Gasteiger partial charge in [0.15, 0.2) is 0 Å². The first-order valence-corrected chi connectivity index (χ1v) is 9.91. The second-order valence-corrected chi connectivity index (χ2v) is 8.31. The van der Waals surface area contributed by atoms with Gasteiger partial charge in [0.05, 0.1) is 5.41 Å². The van der Waals surface area contributed by atoms with Crippen molar-refractivity contribution in [2.24, 2.45) is 5.41 Å². The van der Waals surface area contributed by atoms with E-state index in [1.807, 2.05) is 42.2 Å². The third kappa shape index (κ3) is 3.19. The number of aryl methyl sites for hydroxylation is 1. The Balaban J connectivity index is 1.55. The molecular weight excluding hydrogens is 376 g/mol. The van der Waals surface area contributed by atoms with Crippen molar-refractivity contribution in [1.82, 2.24) is 10.4 Å². The third-order valence-electron chi connectivity index (χ3n) is 6.20. The van der Waals surface area contributed by atoms with Gasteiger partial charge in [0, 0.05) is 23.7 Å². The normalized spacial score (nSPS) is 21.1. The summed E-state index contributed by atoms with van der Waals surface area (Å²) in [5.74, 6) is -0.298. The zero-order chi connectivity index (χ0) is 19.9. The zero-order valence-corrected chi connectivity index (χ0v) is 16.6. The Hall–Kier alpha value is -2.37. The van der Waals surface area contributed by atoms with Crippen LogP contribution in [-0.4, -0.2) is 28.5 Å². The molecular formula is C22H23ClN2O3. The molecule has 0 saturated carbocycles. The fourth-order valence-corrected chi connectivity index (χ4v) is 4.77. The number of benzene rings is 2. The molecule has 1 unspecified atom stereocenters. The third-order valence-corrected chi connectivity index (χ3v) is 6.62. The van der Waals surface area contributed by atoms with E-state index in [9.17, 15) is 9.59 Å². The van der Waals surface area contributed by atoms with Gasteiger partial charge in [-0.25, -0.2) is 5.48 Å². The number of halogens is 1. The summed E-state index contributed by atoms with van der Waals surface area (Å²) in [5.41, 5.74) is 5.91. The summed E-state index contributed by atoms with van der Waals surface area (Å²) in [6.45, 7) is 3.31. The Morgan fingerprint density at radius 2 is 2.11 bits per heavy atom. The van der Waals surface area contributed by atoms with Crippen LogP contribution in [0.15, 0.2) is 36.4 Å². The van der Waals surface area contributed by atoms with Crippen LogP contribution in [-0.2, 0) is 24.2 Å². The average Bonchev–Trinajstić information content (AvgIpc) is 2.99. The molecule has 1 aliphatic heterocycles. The van der Waals surface area contributed by atoms with Gasteiger partial charge in [-0.05, 0) is 67.0 Å². The van der Waals surface area contributed by atoms with E-state index in [4.69, 9.17) is 16.8 Å². The summed E-state index contributed by atoms with van der Waals surface area (Å²) in [7, 11) is 0. The van der Waals surface area contributed by atoms with Crippen LogP contribution in [0.4, 0.5) is 0 Å². The van der Waals surface area contributed by atoms with Gasteiger partial charge < -0.3 is 4.90 Å². The van der Waals surface area contributed by atoms with Crippen LogP contribution < -0.4 is 5.48 Å². The molecule has 1 aliphatic carbocycles. The molecule has 0 aromatic heterocycles. The average molecular weight is 399 g/mol. The number of nitrogens with one attached hydrogen (secondary N) is 1. The fraction of sp³-hybridized carbons (Fsp3) is 0.364. The topological polar surface area (TPSA) is 69.6 Å². The van der Waals surface area contributed by atoms with E-state index in [1.54, 1.807) is 11.5 Å². The van der Waals surface area contributed by atoms with Crippen molar-refractivity contribution in [3.8, 4) is 0 Å². The maximum atomic E-state index is 13.3. The van der Waals surface area contributed by atoms with E-state index >= 15 is 0 Å². The van der Waals surface area contributed by atoms with Gasteiger partial charge in [0.1, 0.15) is 0 Å². The number of carbonyl (C=O) groups is 2. The summed E-state index contributed by atoms with van der Waals surface area (Å²) in [6.07, 6.45) is 2.86. The largest absolute Gasteiger partial charge is 0.338 e. The van der Waals surface area contributed by atoms with Crippen molar-refractivity contribution in [2.75, 3.05) is 6.54 Å². The molecule has 2 aromatic carbocycles. The summed E-state index contributed by atoms with van der Waals surface area (Å²) >= 11 is 6.11. The Morgan fingerprint density at radius 1 is 1.29 bits per heavy atom. The van der Waals surface area contributed by atoms with Crippen LogP contribution in [0.2, 0.25) is 5.02 Å². The molecule has 4 rings (SSSR count). The van der Waals surface area contributed by atoms with E-state index in [1.165, 1.54) is 0 Å². The van der Waals surface area contributed by atoms with Crippen LogP contribution in [0.1, 0.15) is 45.5 Å². The van der Waals surface area contributed by atoms with E-state index < -0.39 is 5.91 Å². The quantitative estimate of drug-likeness (QED) is 0.612. The van der Waals surface area contributed by atoms with Crippen molar-refractivity contribution < 1.29 is 14.8 Å². The van der Waals surface area contributed by atoms with Gasteiger partial charge >= 0.3 is 0 Å². The molecule has 28 heavy (non-hydrogen) atoms. The van der Waals surface area contributed by atoms with Gasteiger partial charge in [0.25, 0.3) is 5.91 Å². The highest BCUT2D eigenvalue weighted by atomic mass is 35.5. The first-order chi connectivity index (χ1) is 13.4. The minimum absolute atomic E-state index is 0.197. The molecule has 1 saturated heterocycles. The van der Waals surface area contributed by atoms with E-state index in [-0.39, 0.29) is 11.3 Å². The second kappa shape index (κ2) is 7.22. The van der Waals surface area contributed by atoms with Crippen LogP contribution in [0, 0.1) is 12.3 Å². The highest BCUT2D eigenvalue weighted by molar-refractivity contribution is 6.31. The smallest absolute Gasteiger partial charge is 0.274 e. The van der Waals surface area contributed by atoms with Crippen LogP contribution in [0.3, 0.4) is 0 Å². The number of nitrogens with zero attached hydrogens (tertiary/aromatic N) is 1. The highest BCUT2D eigenvalue weighted by Crippen LogP contribution is 2.44. The lowest BCUT2D eigenvalue weighted by Crippen LogP contribution is -2.39. The molecule has 2 N–H and O–H groups in total. The van der Waals surface area contributed by atoms with Crippen molar-refractivity contribution in [1.29, 1.82) is 0 Å². The first-order valence-electron chi connectivity index (χ1n) is 9.53. The van der Waals surface area contributed by atoms with Crippen molar-refractivity contribution in [3.05, 3.63) is 69.2 Å². The number of hydrogen-bond acceptors (Lipinski definition) is 3. The molecule has 2 aromatic rings. The highest BCUT2D eigenvalue weighted by Gasteiger charge is 2.48. The predicted molar refractivity (Wildman–Crippen MR) is 106 cm³/mol. The lowest BCUT2D eigenvalue weighted by Gasteiger charge is -2.34. The molecule has 2 amide bonds. The number of hydroxylamine groups is 1. The van der Waals surface area contributed by atoms with Gasteiger partial charge in [-0.2, -0.15) is 0 Å². The van der Waals surface area contributed by atoms with Gasteiger partial charge in [-0.3, -0.25) is 14.8 Å². The van der Waals surface area contributed by atoms with Gasteiger partial charge in [-0.1, -0.05) is 35.9 Å². The van der Waals surface area contributed by atoms with Crippen LogP contribution in [0.25, 0.3) is 0 Å². The number of hydrogen-bond donors (Lipinski definition) is 2. The van der Waals surface area contributed by atoms with E-state index in [0.717, 1.165) is 46.7 Å². The first kappa shape index (κ1) is 19.0. The Kier molecular flexibility index (Phi) is 4.89. The predicted octanol–water partition coefficient (Wildman–Crippen LogP) is 3.68. The molecule has 5 nitrogen and oxygen atoms in total. The maximum absolute atomic E-state index is 13.3. The summed E-state index contributed by atoms with van der Waals surface area (Å²) < 4.78 is 0. The van der Waals surface area contributed by atoms with Gasteiger partial charge in [0.2, 0.25) is 5.91 Å². The summed E-state index contributed by atoms with van der Waals surface area (Å²) in [5, 5.41) is 9.72. The lowest BCUT2D eigenvalue weighted by atomic mass is 9.69. The molecule has 146 valence electrons. The van der Waals surface area contributed by atoms with Crippen LogP contribution in [0.5, 0.6) is 0 Å². The minimum atomic E-state index is -0.495. The molecule has 0 bridgehead atoms. The van der Waals surface area contributed by atoms with Crippen molar-refractivity contribution in [2.45, 2.75) is 39.2 Å². The Bertz CT molecular complexity index is 959. The molecule has 0 radical (unpaired) electrons. The SMILES string of the molecule is Cc1cc(CN2CCC3(CCc4c(cccc4C(=O)NO)C3)C2=O)ccc1Cl. The number of fused-ring (bicyclic) bond motifs is 1. The van der Waals surface area contributed by atoms with E-state index in [0.29, 0.717) is 24.9 Å². The molecule has 1 atom stereocenters. The fourth-order valence-electron chi connectivity index (χ4n) is 4.65. The Labute approximate surface area is 169 Å². The standard InChI is InChI=1S/C22H23ClN2O3/c1-14-11-15(5-6-19(14)23)13-25-10-9-22(21(25)27)8-7-17-16(12-22)3-2-4-18(17)20(26)24-28/h2-6,11,28H,7-10,12-13H2,1H3,(H,24,26). The second-order valence-electron chi connectivity index (χ2n) is 7.90. The maximum Gasteiger partial charge on any atom is 0.274 e. The summed E-state index contributed by atoms with van der Waals surface area (Å²) in [6, 6.07) is 11.4. The number of amides is 2. The number of carbonyl (C=O) groups excluding carboxylic acids is 2.